The van der Waals surface area contributed by atoms with Gasteiger partial charge in [-0.2, -0.15) is 0 Å². The number of esters is 1. The zero-order valence-electron chi connectivity index (χ0n) is 20.6. The average molecular weight is 555 g/mol. The first-order valence-corrected chi connectivity index (χ1v) is 12.6. The Kier molecular flexibility index (Phi) is 9.38. The first kappa shape index (κ1) is 28.7. The normalized spacial score (nSPS) is 21.5. The van der Waals surface area contributed by atoms with Crippen molar-refractivity contribution in [3.05, 3.63) is 65.2 Å². The summed E-state index contributed by atoms with van der Waals surface area (Å²) in [7, 11) is 0. The summed E-state index contributed by atoms with van der Waals surface area (Å²) in [6, 6.07) is 0. The molecule has 4 unspecified atom stereocenters. The van der Waals surface area contributed by atoms with E-state index in [1.165, 1.54) is 12.4 Å². The van der Waals surface area contributed by atoms with E-state index < -0.39 is 9.85 Å². The van der Waals surface area contributed by atoms with Gasteiger partial charge in [-0.15, -0.1) is 0 Å². The van der Waals surface area contributed by atoms with Crippen molar-refractivity contribution in [2.45, 2.75) is 58.3 Å². The first-order chi connectivity index (χ1) is 17.5. The van der Waals surface area contributed by atoms with Crippen molar-refractivity contribution in [1.82, 2.24) is 9.97 Å². The van der Waals surface area contributed by atoms with Gasteiger partial charge in [-0.1, -0.05) is 23.2 Å². The maximum absolute atomic E-state index is 11.4. The van der Waals surface area contributed by atoms with Crippen molar-refractivity contribution in [2.75, 3.05) is 13.2 Å². The van der Waals surface area contributed by atoms with Gasteiger partial charge >= 0.3 is 17.3 Å². The minimum atomic E-state index is -0.547. The van der Waals surface area contributed by atoms with Crippen molar-refractivity contribution in [3.63, 3.8) is 0 Å². The Labute approximate surface area is 223 Å². The molecule has 1 N–H and O–H groups in total. The van der Waals surface area contributed by atoms with E-state index in [0.717, 1.165) is 30.7 Å². The van der Waals surface area contributed by atoms with Gasteiger partial charge in [0.25, 0.3) is 0 Å². The van der Waals surface area contributed by atoms with Crippen LogP contribution >= 0.6 is 23.2 Å². The summed E-state index contributed by atoms with van der Waals surface area (Å²) in [6.45, 7) is 5.78. The number of aliphatic hydroxyl groups is 1. The third-order valence-corrected chi connectivity index (χ3v) is 7.66. The fourth-order valence-electron chi connectivity index (χ4n) is 4.49. The number of hydrogen-bond acceptors (Lipinski definition) is 9. The molecule has 13 heteroatoms. The van der Waals surface area contributed by atoms with E-state index in [0.29, 0.717) is 36.0 Å². The first-order valence-electron chi connectivity index (χ1n) is 11.9. The number of carbonyl (C=O) groups is 1. The molecule has 2 aliphatic rings. The molecule has 2 aromatic rings. The Morgan fingerprint density at radius 2 is 1.46 bits per heavy atom. The van der Waals surface area contributed by atoms with E-state index in [2.05, 4.69) is 9.97 Å². The second-order valence-corrected chi connectivity index (χ2v) is 9.93. The molecule has 11 nitrogen and oxygen atoms in total. The highest BCUT2D eigenvalue weighted by molar-refractivity contribution is 6.33. The number of hydrogen-bond donors (Lipinski definition) is 1. The van der Waals surface area contributed by atoms with Crippen LogP contribution in [0.5, 0.6) is 0 Å². The van der Waals surface area contributed by atoms with E-state index in [1.54, 1.807) is 20.8 Å². The summed E-state index contributed by atoms with van der Waals surface area (Å²) in [5.74, 6) is 0.838. The van der Waals surface area contributed by atoms with Crippen LogP contribution in [-0.4, -0.2) is 44.1 Å². The second kappa shape index (κ2) is 12.1. The number of halogens is 2. The molecule has 200 valence electrons. The lowest BCUT2D eigenvalue weighted by Crippen LogP contribution is -2.05. The number of rotatable bonds is 9. The topological polar surface area (TPSA) is 159 Å². The summed E-state index contributed by atoms with van der Waals surface area (Å²) in [4.78, 5) is 40.1. The molecular formula is C24H28Cl2N4O7. The highest BCUT2D eigenvalue weighted by Gasteiger charge is 2.43. The van der Waals surface area contributed by atoms with Gasteiger partial charge < -0.3 is 9.84 Å². The molecule has 0 radical (unpaired) electrons. The standard InChI is InChI=1S/C13H15ClN2O4.C11H13ClN2O3/c1-3-20-11(17)5-8-4-9(8)13-7(2)12(14)10(6-15-13)16(18)19;1-6-10(12)9(14(16)17)5-13-11(6)8-4-7(8)2-3-15/h6,8-9H,3-5H2,1-2H3;5,7-8,15H,2-4H2,1H3. The minimum Gasteiger partial charge on any atom is -0.466 e. The van der Waals surface area contributed by atoms with Crippen molar-refractivity contribution in [3.8, 4) is 0 Å². The number of ether oxygens (including phenoxy) is 1. The van der Waals surface area contributed by atoms with Gasteiger partial charge in [-0.25, -0.2) is 0 Å². The zero-order valence-corrected chi connectivity index (χ0v) is 22.2. The number of nitro groups is 2. The van der Waals surface area contributed by atoms with Crippen LogP contribution in [0.1, 0.15) is 67.0 Å². The van der Waals surface area contributed by atoms with Gasteiger partial charge in [-0.05, 0) is 63.0 Å². The highest BCUT2D eigenvalue weighted by atomic mass is 35.5. The SMILES string of the molecule is CCOC(=O)CC1CC1c1ncc([N+](=O)[O-])c(Cl)c1C.Cc1c(C2CC2CCO)ncc([N+](=O)[O-])c1Cl. The fraction of sp³-hybridized carbons (Fsp3) is 0.542. The number of pyridine rings is 2. The van der Waals surface area contributed by atoms with E-state index in [9.17, 15) is 25.0 Å². The lowest BCUT2D eigenvalue weighted by atomic mass is 10.1. The maximum Gasteiger partial charge on any atom is 0.306 e. The lowest BCUT2D eigenvalue weighted by molar-refractivity contribution is -0.385. The van der Waals surface area contributed by atoms with Gasteiger partial charge in [0.05, 0.1) is 16.5 Å². The Bertz CT molecular complexity index is 1210. The predicted octanol–water partition coefficient (Wildman–Crippen LogP) is 5.45. The van der Waals surface area contributed by atoms with E-state index in [-0.39, 0.29) is 45.8 Å². The van der Waals surface area contributed by atoms with Crippen LogP contribution in [0, 0.1) is 45.9 Å². The zero-order chi connectivity index (χ0) is 27.4. The van der Waals surface area contributed by atoms with E-state index in [1.807, 2.05) is 0 Å². The van der Waals surface area contributed by atoms with Crippen LogP contribution in [0.25, 0.3) is 0 Å². The third kappa shape index (κ3) is 6.71. The molecule has 0 amide bonds. The molecule has 0 bridgehead atoms. The molecule has 4 rings (SSSR count). The summed E-state index contributed by atoms with van der Waals surface area (Å²) in [5.41, 5.74) is 2.56. The summed E-state index contributed by atoms with van der Waals surface area (Å²) in [6.07, 6.45) is 5.32. The van der Waals surface area contributed by atoms with Crippen molar-refractivity contribution in [2.24, 2.45) is 11.8 Å². The predicted molar refractivity (Wildman–Crippen MR) is 136 cm³/mol. The van der Waals surface area contributed by atoms with E-state index >= 15 is 0 Å². The van der Waals surface area contributed by atoms with Crippen LogP contribution in [-0.2, 0) is 9.53 Å². The Morgan fingerprint density at radius 3 is 1.89 bits per heavy atom. The fourth-order valence-corrected chi connectivity index (χ4v) is 4.92. The Balaban J connectivity index is 0.000000208. The number of aliphatic hydroxyl groups excluding tert-OH is 1. The number of nitrogens with zero attached hydrogens (tertiary/aromatic N) is 4. The Hall–Kier alpha value is -2.89. The van der Waals surface area contributed by atoms with Gasteiger partial charge in [0, 0.05) is 36.3 Å². The highest BCUT2D eigenvalue weighted by Crippen LogP contribution is 2.52. The third-order valence-electron chi connectivity index (χ3n) is 6.70. The number of carbonyl (C=O) groups excluding carboxylic acids is 1. The molecule has 37 heavy (non-hydrogen) atoms. The quantitative estimate of drug-likeness (QED) is 0.241. The van der Waals surface area contributed by atoms with Crippen LogP contribution in [0.15, 0.2) is 12.4 Å². The summed E-state index contributed by atoms with van der Waals surface area (Å²) >= 11 is 12.0. The largest absolute Gasteiger partial charge is 0.466 e. The van der Waals surface area contributed by atoms with E-state index in [4.69, 9.17) is 33.0 Å². The van der Waals surface area contributed by atoms with Gasteiger partial charge in [0.1, 0.15) is 22.4 Å². The monoisotopic (exact) mass is 554 g/mol. The van der Waals surface area contributed by atoms with Crippen LogP contribution < -0.4 is 0 Å². The molecular weight excluding hydrogens is 527 g/mol. The molecule has 4 atom stereocenters. The second-order valence-electron chi connectivity index (χ2n) is 9.18. The average Bonchev–Trinajstić information content (AvgIpc) is 3.75. The molecule has 0 aromatic carbocycles. The summed E-state index contributed by atoms with van der Waals surface area (Å²) in [5, 5.41) is 30.6. The lowest BCUT2D eigenvalue weighted by Gasteiger charge is -2.06. The van der Waals surface area contributed by atoms with Gasteiger partial charge in [0.2, 0.25) is 0 Å². The van der Waals surface area contributed by atoms with Crippen molar-refractivity contribution in [1.29, 1.82) is 0 Å². The molecule has 2 heterocycles. The van der Waals surface area contributed by atoms with Crippen molar-refractivity contribution < 1.29 is 24.5 Å². The molecule has 2 aromatic heterocycles. The van der Waals surface area contributed by atoms with Crippen molar-refractivity contribution >= 4 is 40.5 Å². The molecule has 2 aliphatic carbocycles. The Morgan fingerprint density at radius 1 is 1.00 bits per heavy atom. The smallest absolute Gasteiger partial charge is 0.306 e. The van der Waals surface area contributed by atoms with Crippen LogP contribution in [0.3, 0.4) is 0 Å². The molecule has 2 fully saturated rings. The molecule has 0 spiro atoms. The number of aromatic nitrogens is 2. The van der Waals surface area contributed by atoms with Gasteiger partial charge in [0.15, 0.2) is 0 Å². The minimum absolute atomic E-state index is 0.127. The molecule has 0 saturated heterocycles. The van der Waals surface area contributed by atoms with Gasteiger partial charge in [-0.3, -0.25) is 35.0 Å². The van der Waals surface area contributed by atoms with Crippen LogP contribution in [0.4, 0.5) is 11.4 Å². The maximum atomic E-state index is 11.4. The summed E-state index contributed by atoms with van der Waals surface area (Å²) < 4.78 is 4.91. The molecule has 0 aliphatic heterocycles. The molecule has 2 saturated carbocycles. The van der Waals surface area contributed by atoms with Crippen LogP contribution in [0.2, 0.25) is 10.0 Å².